The van der Waals surface area contributed by atoms with Crippen molar-refractivity contribution < 1.29 is 18.7 Å². The fourth-order valence-electron chi connectivity index (χ4n) is 4.74. The van der Waals surface area contributed by atoms with Crippen LogP contribution in [-0.2, 0) is 4.79 Å². The van der Waals surface area contributed by atoms with Crippen LogP contribution >= 0.6 is 0 Å². The Hall–Kier alpha value is -2.57. The summed E-state index contributed by atoms with van der Waals surface area (Å²) < 4.78 is 16.8. The van der Waals surface area contributed by atoms with Gasteiger partial charge in [0.1, 0.15) is 0 Å². The van der Waals surface area contributed by atoms with Gasteiger partial charge in [0.2, 0.25) is 24.5 Å². The molecule has 0 radical (unpaired) electrons. The quantitative estimate of drug-likeness (QED) is 0.755. The van der Waals surface area contributed by atoms with Crippen molar-refractivity contribution >= 4 is 5.91 Å². The minimum absolute atomic E-state index is 0.106. The van der Waals surface area contributed by atoms with Crippen LogP contribution in [0.1, 0.15) is 63.2 Å². The standard InChI is InChI=1S/C22H27N3O4/c26-20(10-7-15-4-1-2-5-15)25-11-3-6-17(13-25)22-24-23-21(29-22)16-8-9-18-19(12-16)28-14-27-18/h8-9,12,15,17H,1-7,10-11,13-14H2. The Morgan fingerprint density at radius 2 is 1.93 bits per heavy atom. The fraction of sp³-hybridized carbons (Fsp3) is 0.591. The largest absolute Gasteiger partial charge is 0.454 e. The average molecular weight is 397 g/mol. The Morgan fingerprint density at radius 3 is 2.83 bits per heavy atom. The van der Waals surface area contributed by atoms with Crippen LogP contribution in [0.2, 0.25) is 0 Å². The summed E-state index contributed by atoms with van der Waals surface area (Å²) in [5.74, 6) is 3.65. The Kier molecular flexibility index (Phi) is 5.12. The number of rotatable bonds is 5. The summed E-state index contributed by atoms with van der Waals surface area (Å²) in [7, 11) is 0. The van der Waals surface area contributed by atoms with Gasteiger partial charge in [-0.15, -0.1) is 10.2 Å². The molecule has 29 heavy (non-hydrogen) atoms. The molecular formula is C22H27N3O4. The predicted molar refractivity (Wildman–Crippen MR) is 106 cm³/mol. The Labute approximate surface area is 170 Å². The van der Waals surface area contributed by atoms with Gasteiger partial charge >= 0.3 is 0 Å². The molecule has 154 valence electrons. The zero-order valence-corrected chi connectivity index (χ0v) is 16.6. The number of likely N-dealkylation sites (tertiary alicyclic amines) is 1. The second kappa shape index (κ2) is 8.05. The second-order valence-electron chi connectivity index (χ2n) is 8.38. The molecule has 7 heteroatoms. The van der Waals surface area contributed by atoms with Crippen LogP contribution in [0.3, 0.4) is 0 Å². The van der Waals surface area contributed by atoms with E-state index < -0.39 is 0 Å². The number of amides is 1. The van der Waals surface area contributed by atoms with Gasteiger partial charge in [-0.05, 0) is 43.4 Å². The Morgan fingerprint density at radius 1 is 1.07 bits per heavy atom. The minimum atomic E-state index is 0.106. The Bertz CT molecular complexity index is 875. The molecule has 2 fully saturated rings. The lowest BCUT2D eigenvalue weighted by molar-refractivity contribution is -0.132. The zero-order chi connectivity index (χ0) is 19.6. The van der Waals surface area contributed by atoms with Crippen molar-refractivity contribution in [3.8, 4) is 23.0 Å². The molecule has 2 aliphatic heterocycles. The molecule has 1 aliphatic carbocycles. The van der Waals surface area contributed by atoms with Crippen molar-refractivity contribution in [1.29, 1.82) is 0 Å². The molecule has 1 amide bonds. The second-order valence-corrected chi connectivity index (χ2v) is 8.38. The monoisotopic (exact) mass is 397 g/mol. The van der Waals surface area contributed by atoms with Gasteiger partial charge < -0.3 is 18.8 Å². The van der Waals surface area contributed by atoms with Crippen LogP contribution in [0.5, 0.6) is 11.5 Å². The summed E-state index contributed by atoms with van der Waals surface area (Å²) in [4.78, 5) is 14.7. The number of hydrogen-bond acceptors (Lipinski definition) is 6. The number of nitrogens with zero attached hydrogens (tertiary/aromatic N) is 3. The number of fused-ring (bicyclic) bond motifs is 1. The first-order valence-electron chi connectivity index (χ1n) is 10.8. The molecule has 3 aliphatic rings. The van der Waals surface area contributed by atoms with Gasteiger partial charge in [0.25, 0.3) is 0 Å². The molecule has 1 aromatic heterocycles. The molecular weight excluding hydrogens is 370 g/mol. The molecule has 1 saturated heterocycles. The molecule has 1 saturated carbocycles. The van der Waals surface area contributed by atoms with Gasteiger partial charge in [-0.25, -0.2) is 0 Å². The van der Waals surface area contributed by atoms with Crippen LogP contribution in [0, 0.1) is 5.92 Å². The molecule has 1 unspecified atom stereocenters. The molecule has 3 heterocycles. The van der Waals surface area contributed by atoms with Crippen LogP contribution in [0.25, 0.3) is 11.5 Å². The summed E-state index contributed by atoms with van der Waals surface area (Å²) in [6.07, 6.45) is 8.89. The first kappa shape index (κ1) is 18.5. The van der Waals surface area contributed by atoms with E-state index in [2.05, 4.69) is 10.2 Å². The number of ether oxygens (including phenoxy) is 2. The summed E-state index contributed by atoms with van der Waals surface area (Å²) in [6.45, 7) is 1.75. The highest BCUT2D eigenvalue weighted by Crippen LogP contribution is 2.36. The van der Waals surface area contributed by atoms with E-state index in [1.54, 1.807) is 0 Å². The van der Waals surface area contributed by atoms with Crippen LogP contribution in [0.4, 0.5) is 0 Å². The maximum Gasteiger partial charge on any atom is 0.247 e. The lowest BCUT2D eigenvalue weighted by atomic mass is 9.96. The maximum atomic E-state index is 12.7. The summed E-state index contributed by atoms with van der Waals surface area (Å²) in [6, 6.07) is 5.61. The van der Waals surface area contributed by atoms with Crippen LogP contribution in [-0.4, -0.2) is 40.9 Å². The van der Waals surface area contributed by atoms with E-state index in [1.807, 2.05) is 23.1 Å². The number of aromatic nitrogens is 2. The minimum Gasteiger partial charge on any atom is -0.454 e. The van der Waals surface area contributed by atoms with Crippen molar-refractivity contribution in [2.24, 2.45) is 5.92 Å². The average Bonchev–Trinajstić information content (AvgIpc) is 3.53. The van der Waals surface area contributed by atoms with Gasteiger partial charge in [0.05, 0.1) is 5.92 Å². The smallest absolute Gasteiger partial charge is 0.247 e. The number of benzene rings is 1. The van der Waals surface area contributed by atoms with Crippen molar-refractivity contribution in [3.05, 3.63) is 24.1 Å². The molecule has 2 aromatic rings. The lowest BCUT2D eigenvalue weighted by Gasteiger charge is -2.31. The fourth-order valence-corrected chi connectivity index (χ4v) is 4.74. The number of carbonyl (C=O) groups excluding carboxylic acids is 1. The van der Waals surface area contributed by atoms with Gasteiger partial charge in [-0.2, -0.15) is 0 Å². The van der Waals surface area contributed by atoms with E-state index in [-0.39, 0.29) is 18.6 Å². The number of piperidine rings is 1. The highest BCUT2D eigenvalue weighted by molar-refractivity contribution is 5.76. The van der Waals surface area contributed by atoms with Crippen LogP contribution in [0.15, 0.2) is 22.6 Å². The van der Waals surface area contributed by atoms with Crippen molar-refractivity contribution in [3.63, 3.8) is 0 Å². The van der Waals surface area contributed by atoms with E-state index in [0.29, 0.717) is 30.5 Å². The zero-order valence-electron chi connectivity index (χ0n) is 16.6. The van der Waals surface area contributed by atoms with Gasteiger partial charge in [0, 0.05) is 25.1 Å². The van der Waals surface area contributed by atoms with Crippen molar-refractivity contribution in [2.75, 3.05) is 19.9 Å². The number of carbonyl (C=O) groups is 1. The topological polar surface area (TPSA) is 77.7 Å². The van der Waals surface area contributed by atoms with Gasteiger partial charge in [-0.1, -0.05) is 25.7 Å². The van der Waals surface area contributed by atoms with E-state index in [1.165, 1.54) is 25.7 Å². The third-order valence-electron chi connectivity index (χ3n) is 6.42. The van der Waals surface area contributed by atoms with E-state index in [9.17, 15) is 4.79 Å². The van der Waals surface area contributed by atoms with E-state index >= 15 is 0 Å². The molecule has 0 bridgehead atoms. The first-order chi connectivity index (χ1) is 14.3. The van der Waals surface area contributed by atoms with Crippen LogP contribution < -0.4 is 9.47 Å². The predicted octanol–water partition coefficient (Wildman–Crippen LogP) is 4.14. The molecule has 1 atom stereocenters. The van der Waals surface area contributed by atoms with E-state index in [4.69, 9.17) is 13.9 Å². The summed E-state index contributed by atoms with van der Waals surface area (Å²) >= 11 is 0. The Balaban J connectivity index is 1.22. The maximum absolute atomic E-state index is 12.7. The van der Waals surface area contributed by atoms with Gasteiger partial charge in [-0.3, -0.25) is 4.79 Å². The summed E-state index contributed by atoms with van der Waals surface area (Å²) in [5.41, 5.74) is 0.813. The highest BCUT2D eigenvalue weighted by Gasteiger charge is 2.29. The molecule has 0 N–H and O–H groups in total. The molecule has 0 spiro atoms. The van der Waals surface area contributed by atoms with Crippen molar-refractivity contribution in [1.82, 2.24) is 15.1 Å². The van der Waals surface area contributed by atoms with E-state index in [0.717, 1.165) is 43.0 Å². The molecule has 7 nitrogen and oxygen atoms in total. The first-order valence-corrected chi connectivity index (χ1v) is 10.8. The normalized spacial score (nSPS) is 21.7. The molecule has 5 rings (SSSR count). The molecule has 1 aromatic carbocycles. The summed E-state index contributed by atoms with van der Waals surface area (Å²) in [5, 5.41) is 8.52. The third-order valence-corrected chi connectivity index (χ3v) is 6.42. The lowest BCUT2D eigenvalue weighted by Crippen LogP contribution is -2.39. The highest BCUT2D eigenvalue weighted by atomic mass is 16.7. The SMILES string of the molecule is O=C(CCC1CCCC1)N1CCCC(c2nnc(-c3ccc4c(c3)OCO4)o2)C1. The van der Waals surface area contributed by atoms with Crippen molar-refractivity contribution in [2.45, 2.75) is 57.3 Å². The van der Waals surface area contributed by atoms with Gasteiger partial charge in [0.15, 0.2) is 11.5 Å². The third kappa shape index (κ3) is 3.95. The number of hydrogen-bond donors (Lipinski definition) is 0.